The van der Waals surface area contributed by atoms with Crippen molar-refractivity contribution in [1.29, 1.82) is 0 Å². The molecule has 0 saturated heterocycles. The maximum Gasteiger partial charge on any atom is 0.250 e. The van der Waals surface area contributed by atoms with Gasteiger partial charge in [-0.1, -0.05) is 26.8 Å². The lowest BCUT2D eigenvalue weighted by Crippen LogP contribution is -2.46. The fraction of sp³-hybridized carbons (Fsp3) is 0.727. The summed E-state index contributed by atoms with van der Waals surface area (Å²) < 4.78 is 8.17. The zero-order valence-corrected chi connectivity index (χ0v) is 19.6. The van der Waals surface area contributed by atoms with E-state index in [4.69, 9.17) is 4.43 Å². The number of halogens is 1. The van der Waals surface area contributed by atoms with Gasteiger partial charge in [-0.05, 0) is 120 Å². The van der Waals surface area contributed by atoms with Crippen LogP contribution in [0.1, 0.15) is 64.4 Å². The monoisotopic (exact) mass is 468 g/mol. The van der Waals surface area contributed by atoms with Crippen molar-refractivity contribution < 1.29 is 4.43 Å². The standard InChI is InChI=1S/C22H33IOSi/c1-22(2,3)25(4,5)24-20-13-18(23)6-7-19(20)21-16-9-14-8-15(11-16)12-17(21)10-14/h6-7,13-17,21H,8-12H2,1-5H3. The molecule has 0 aromatic heterocycles. The van der Waals surface area contributed by atoms with Crippen LogP contribution >= 0.6 is 22.6 Å². The third kappa shape index (κ3) is 3.33. The fourth-order valence-electron chi connectivity index (χ4n) is 5.73. The van der Waals surface area contributed by atoms with E-state index in [1.54, 1.807) is 5.56 Å². The Kier molecular flexibility index (Phi) is 4.59. The summed E-state index contributed by atoms with van der Waals surface area (Å²) in [6, 6.07) is 7.04. The molecule has 4 bridgehead atoms. The summed E-state index contributed by atoms with van der Waals surface area (Å²) in [5.41, 5.74) is 1.54. The van der Waals surface area contributed by atoms with Gasteiger partial charge in [-0.15, -0.1) is 0 Å². The molecule has 4 saturated carbocycles. The Morgan fingerprint density at radius 3 is 2.04 bits per heavy atom. The van der Waals surface area contributed by atoms with Crippen molar-refractivity contribution in [1.82, 2.24) is 0 Å². The van der Waals surface area contributed by atoms with Gasteiger partial charge in [0.05, 0.1) is 0 Å². The first kappa shape index (κ1) is 18.3. The van der Waals surface area contributed by atoms with Gasteiger partial charge in [-0.3, -0.25) is 0 Å². The van der Waals surface area contributed by atoms with E-state index in [0.717, 1.165) is 29.6 Å². The van der Waals surface area contributed by atoms with Gasteiger partial charge >= 0.3 is 0 Å². The first-order chi connectivity index (χ1) is 11.6. The van der Waals surface area contributed by atoms with Crippen molar-refractivity contribution in [3.05, 3.63) is 27.3 Å². The summed E-state index contributed by atoms with van der Waals surface area (Å²) in [6.07, 6.45) is 7.43. The minimum atomic E-state index is -1.81. The lowest BCUT2D eigenvalue weighted by atomic mass is 9.50. The summed E-state index contributed by atoms with van der Waals surface area (Å²) in [6.45, 7) is 11.8. The molecule has 0 spiro atoms. The normalized spacial score (nSPS) is 34.4. The van der Waals surface area contributed by atoms with Gasteiger partial charge in [0, 0.05) is 3.57 Å². The average molecular weight is 468 g/mol. The Bertz CT molecular complexity index is 632. The van der Waals surface area contributed by atoms with Crippen LogP contribution in [0.4, 0.5) is 0 Å². The largest absolute Gasteiger partial charge is 0.543 e. The van der Waals surface area contributed by atoms with Gasteiger partial charge in [0.25, 0.3) is 0 Å². The second kappa shape index (κ2) is 6.25. The van der Waals surface area contributed by atoms with E-state index in [1.807, 2.05) is 0 Å². The molecule has 138 valence electrons. The smallest absolute Gasteiger partial charge is 0.250 e. The predicted molar refractivity (Wildman–Crippen MR) is 117 cm³/mol. The van der Waals surface area contributed by atoms with E-state index in [9.17, 15) is 0 Å². The molecule has 1 nitrogen and oxygen atoms in total. The molecule has 5 rings (SSSR count). The van der Waals surface area contributed by atoms with Crippen molar-refractivity contribution in [2.75, 3.05) is 0 Å². The molecule has 0 unspecified atom stereocenters. The summed E-state index contributed by atoms with van der Waals surface area (Å²) >= 11 is 2.44. The highest BCUT2D eigenvalue weighted by atomic mass is 127. The Hall–Kier alpha value is -0.0331. The highest BCUT2D eigenvalue weighted by Gasteiger charge is 2.49. The molecule has 4 aliphatic carbocycles. The number of benzene rings is 1. The van der Waals surface area contributed by atoms with Crippen molar-refractivity contribution in [3.8, 4) is 5.75 Å². The van der Waals surface area contributed by atoms with Gasteiger partial charge in [0.2, 0.25) is 8.32 Å². The number of hydrogen-bond donors (Lipinski definition) is 0. The quantitative estimate of drug-likeness (QED) is 0.336. The average Bonchev–Trinajstić information content (AvgIpc) is 2.46. The molecule has 0 amide bonds. The first-order valence-corrected chi connectivity index (χ1v) is 14.1. The van der Waals surface area contributed by atoms with Crippen LogP contribution in [-0.4, -0.2) is 8.32 Å². The maximum absolute atomic E-state index is 6.87. The summed E-state index contributed by atoms with van der Waals surface area (Å²) in [5, 5.41) is 0.246. The predicted octanol–water partition coefficient (Wildman–Crippen LogP) is 7.21. The van der Waals surface area contributed by atoms with E-state index < -0.39 is 8.32 Å². The number of hydrogen-bond acceptors (Lipinski definition) is 1. The third-order valence-electron chi connectivity index (χ3n) is 7.73. The van der Waals surface area contributed by atoms with Crippen LogP contribution in [0, 0.1) is 27.2 Å². The van der Waals surface area contributed by atoms with Crippen molar-refractivity contribution in [3.63, 3.8) is 0 Å². The van der Waals surface area contributed by atoms with Crippen LogP contribution in [0.25, 0.3) is 0 Å². The van der Waals surface area contributed by atoms with Crippen LogP contribution in [0.5, 0.6) is 5.75 Å². The van der Waals surface area contributed by atoms with Crippen molar-refractivity contribution >= 4 is 30.9 Å². The maximum atomic E-state index is 6.87. The van der Waals surface area contributed by atoms with Crippen LogP contribution < -0.4 is 4.43 Å². The van der Waals surface area contributed by atoms with Crippen LogP contribution in [0.15, 0.2) is 18.2 Å². The molecule has 0 atom stereocenters. The van der Waals surface area contributed by atoms with Gasteiger partial charge in [-0.2, -0.15) is 0 Å². The summed E-state index contributed by atoms with van der Waals surface area (Å²) in [7, 11) is -1.81. The third-order valence-corrected chi connectivity index (χ3v) is 12.7. The molecule has 4 fully saturated rings. The van der Waals surface area contributed by atoms with Crippen molar-refractivity contribution in [2.45, 2.75) is 76.9 Å². The summed E-state index contributed by atoms with van der Waals surface area (Å²) in [5.74, 6) is 5.87. The van der Waals surface area contributed by atoms with E-state index in [-0.39, 0.29) is 5.04 Å². The molecule has 4 aliphatic rings. The Morgan fingerprint density at radius 1 is 0.960 bits per heavy atom. The van der Waals surface area contributed by atoms with Crippen molar-refractivity contribution in [2.24, 2.45) is 23.7 Å². The van der Waals surface area contributed by atoms with Crippen LogP contribution in [0.3, 0.4) is 0 Å². The van der Waals surface area contributed by atoms with E-state index >= 15 is 0 Å². The fourth-order valence-corrected chi connectivity index (χ4v) is 7.23. The Morgan fingerprint density at radius 2 is 1.52 bits per heavy atom. The molecular weight excluding hydrogens is 435 g/mol. The highest BCUT2D eigenvalue weighted by molar-refractivity contribution is 14.1. The van der Waals surface area contributed by atoms with Gasteiger partial charge < -0.3 is 4.43 Å². The minimum Gasteiger partial charge on any atom is -0.543 e. The summed E-state index contributed by atoms with van der Waals surface area (Å²) in [4.78, 5) is 0. The van der Waals surface area contributed by atoms with E-state index in [1.165, 1.54) is 41.4 Å². The van der Waals surface area contributed by atoms with E-state index in [2.05, 4.69) is 74.7 Å². The highest BCUT2D eigenvalue weighted by Crippen LogP contribution is 2.61. The second-order valence-corrected chi connectivity index (χ2v) is 16.5. The molecule has 3 heteroatoms. The second-order valence-electron chi connectivity index (χ2n) is 10.5. The van der Waals surface area contributed by atoms with Crippen LogP contribution in [0.2, 0.25) is 18.1 Å². The SMILES string of the molecule is CC(C)(C)[Si](C)(C)Oc1cc(I)ccc1C1C2CC3CC(C2)CC1C3. The Balaban J connectivity index is 1.69. The zero-order valence-electron chi connectivity index (χ0n) is 16.4. The van der Waals surface area contributed by atoms with Gasteiger partial charge in [0.15, 0.2) is 0 Å². The van der Waals surface area contributed by atoms with Crippen LogP contribution in [-0.2, 0) is 0 Å². The van der Waals surface area contributed by atoms with Gasteiger partial charge in [-0.25, -0.2) is 0 Å². The molecule has 0 N–H and O–H groups in total. The molecule has 0 heterocycles. The Labute approximate surface area is 168 Å². The molecule has 1 aromatic rings. The first-order valence-electron chi connectivity index (χ1n) is 10.1. The lowest BCUT2D eigenvalue weighted by molar-refractivity contribution is -0.00328. The topological polar surface area (TPSA) is 9.23 Å². The minimum absolute atomic E-state index is 0.246. The lowest BCUT2D eigenvalue weighted by Gasteiger charge is -2.55. The molecular formula is C22H33IOSi. The molecule has 25 heavy (non-hydrogen) atoms. The molecule has 0 radical (unpaired) electrons. The molecule has 1 aromatic carbocycles. The van der Waals surface area contributed by atoms with Gasteiger partial charge in [0.1, 0.15) is 5.75 Å². The van der Waals surface area contributed by atoms with E-state index in [0.29, 0.717) is 0 Å². The molecule has 0 aliphatic heterocycles. The number of rotatable bonds is 3. The zero-order chi connectivity index (χ0) is 18.0.